The molecule has 2 saturated heterocycles. The summed E-state index contributed by atoms with van der Waals surface area (Å²) in [5.74, 6) is 1.72. The number of guanidine groups is 1. The predicted molar refractivity (Wildman–Crippen MR) is 137 cm³/mol. The molecule has 1 atom stereocenters. The molecule has 2 aliphatic rings. The number of nitrogens with zero attached hydrogens (tertiary/aromatic N) is 2. The number of morpholine rings is 1. The lowest BCUT2D eigenvalue weighted by molar-refractivity contribution is 0.0322. The van der Waals surface area contributed by atoms with Gasteiger partial charge in [-0.2, -0.15) is 0 Å². The highest BCUT2D eigenvalue weighted by atomic mass is 127. The van der Waals surface area contributed by atoms with Crippen LogP contribution in [0.5, 0.6) is 5.75 Å². The number of aliphatic imine (C=N–C) groups is 1. The van der Waals surface area contributed by atoms with Gasteiger partial charge in [0.25, 0.3) is 0 Å². The number of nitrogens with one attached hydrogen (secondary N) is 2. The topological polar surface area (TPSA) is 76.6 Å². The third-order valence-electron chi connectivity index (χ3n) is 5.30. The summed E-state index contributed by atoms with van der Waals surface area (Å²) >= 11 is 0. The summed E-state index contributed by atoms with van der Waals surface area (Å²) in [5.41, 5.74) is 1.13. The van der Waals surface area contributed by atoms with E-state index in [1.807, 2.05) is 12.1 Å². The van der Waals surface area contributed by atoms with Crippen LogP contribution in [0.2, 0.25) is 0 Å². The van der Waals surface area contributed by atoms with Crippen molar-refractivity contribution in [3.63, 3.8) is 0 Å². The van der Waals surface area contributed by atoms with Gasteiger partial charge in [0.15, 0.2) is 5.96 Å². The molecule has 3 rings (SSSR count). The summed E-state index contributed by atoms with van der Waals surface area (Å²) < 4.78 is 22.5. The van der Waals surface area contributed by atoms with Gasteiger partial charge in [0.1, 0.15) is 12.4 Å². The molecule has 1 unspecified atom stereocenters. The van der Waals surface area contributed by atoms with Crippen molar-refractivity contribution in [2.45, 2.75) is 32.4 Å². The average Bonchev–Trinajstić information content (AvgIpc) is 3.32. The molecule has 0 radical (unpaired) electrons. The van der Waals surface area contributed by atoms with Gasteiger partial charge in [0, 0.05) is 45.9 Å². The molecule has 0 aromatic heterocycles. The van der Waals surface area contributed by atoms with Crippen LogP contribution in [-0.2, 0) is 20.8 Å². The molecule has 0 amide bonds. The Bertz CT molecular complexity index is 653. The first kappa shape index (κ1) is 27.1. The Morgan fingerprint density at radius 1 is 1.16 bits per heavy atom. The van der Waals surface area contributed by atoms with Gasteiger partial charge in [-0.1, -0.05) is 12.1 Å². The monoisotopic (exact) mass is 562 g/mol. The lowest BCUT2D eigenvalue weighted by Gasteiger charge is -2.26. The zero-order valence-electron chi connectivity index (χ0n) is 19.2. The Balaban J connectivity index is 0.00000363. The van der Waals surface area contributed by atoms with E-state index in [0.717, 1.165) is 95.9 Å². The Labute approximate surface area is 209 Å². The zero-order chi connectivity index (χ0) is 21.6. The van der Waals surface area contributed by atoms with Crippen LogP contribution in [0.25, 0.3) is 0 Å². The van der Waals surface area contributed by atoms with Gasteiger partial charge in [-0.15, -0.1) is 24.0 Å². The van der Waals surface area contributed by atoms with Crippen LogP contribution in [0.3, 0.4) is 0 Å². The van der Waals surface area contributed by atoms with E-state index in [9.17, 15) is 0 Å². The van der Waals surface area contributed by atoms with Crippen molar-refractivity contribution in [2.24, 2.45) is 4.99 Å². The van der Waals surface area contributed by atoms with Crippen molar-refractivity contribution in [3.8, 4) is 5.75 Å². The molecule has 2 N–H and O–H groups in total. The van der Waals surface area contributed by atoms with Crippen LogP contribution < -0.4 is 15.4 Å². The van der Waals surface area contributed by atoms with Gasteiger partial charge in [-0.25, -0.2) is 4.99 Å². The summed E-state index contributed by atoms with van der Waals surface area (Å²) in [6.45, 7) is 11.8. The fourth-order valence-corrected chi connectivity index (χ4v) is 3.54. The predicted octanol–water partition coefficient (Wildman–Crippen LogP) is 2.27. The molecule has 0 spiro atoms. The average molecular weight is 562 g/mol. The van der Waals surface area contributed by atoms with Gasteiger partial charge in [-0.05, 0) is 37.5 Å². The summed E-state index contributed by atoms with van der Waals surface area (Å²) in [4.78, 5) is 7.08. The van der Waals surface area contributed by atoms with Crippen LogP contribution in [0, 0.1) is 0 Å². The second kappa shape index (κ2) is 16.5. The van der Waals surface area contributed by atoms with Crippen LogP contribution in [0.1, 0.15) is 25.3 Å². The third-order valence-corrected chi connectivity index (χ3v) is 5.30. The zero-order valence-corrected chi connectivity index (χ0v) is 21.6. The molecule has 8 nitrogen and oxygen atoms in total. The smallest absolute Gasteiger partial charge is 0.191 e. The van der Waals surface area contributed by atoms with Crippen molar-refractivity contribution in [1.29, 1.82) is 0 Å². The van der Waals surface area contributed by atoms with Gasteiger partial charge in [0.2, 0.25) is 0 Å². The number of hydrogen-bond donors (Lipinski definition) is 2. The molecular formula is C23H39IN4O4. The number of ether oxygens (including phenoxy) is 4. The third kappa shape index (κ3) is 10.7. The minimum Gasteiger partial charge on any atom is -0.492 e. The summed E-state index contributed by atoms with van der Waals surface area (Å²) in [6.07, 6.45) is 2.21. The molecule has 1 aromatic carbocycles. The molecule has 2 aliphatic heterocycles. The van der Waals surface area contributed by atoms with Gasteiger partial charge in [-0.3, -0.25) is 4.90 Å². The summed E-state index contributed by atoms with van der Waals surface area (Å²) in [5, 5.41) is 6.68. The standard InChI is InChI=1S/C23H38N4O4.HI/c1-2-24-23(25-8-4-12-30-22-7-13-29-19-22)26-18-20-5-3-6-21(17-20)31-16-11-27-9-14-28-15-10-27;/h3,5-6,17,22H,2,4,7-16,18-19H2,1H3,(H2,24,25,26);1H. The van der Waals surface area contributed by atoms with Gasteiger partial charge < -0.3 is 29.6 Å². The second-order valence-electron chi connectivity index (χ2n) is 7.78. The Hall–Kier alpha value is -1.14. The van der Waals surface area contributed by atoms with Gasteiger partial charge in [0.05, 0.1) is 32.5 Å². The van der Waals surface area contributed by atoms with E-state index in [-0.39, 0.29) is 30.1 Å². The first-order valence-electron chi connectivity index (χ1n) is 11.6. The van der Waals surface area contributed by atoms with Crippen molar-refractivity contribution in [1.82, 2.24) is 15.5 Å². The maximum atomic E-state index is 5.95. The molecule has 2 heterocycles. The fourth-order valence-electron chi connectivity index (χ4n) is 3.54. The molecule has 1 aromatic rings. The van der Waals surface area contributed by atoms with Crippen molar-refractivity contribution < 1.29 is 18.9 Å². The molecule has 0 saturated carbocycles. The minimum atomic E-state index is 0. The maximum Gasteiger partial charge on any atom is 0.191 e. The minimum absolute atomic E-state index is 0. The lowest BCUT2D eigenvalue weighted by Crippen LogP contribution is -2.38. The van der Waals surface area contributed by atoms with Crippen LogP contribution in [0.15, 0.2) is 29.3 Å². The number of hydrogen-bond acceptors (Lipinski definition) is 6. The Morgan fingerprint density at radius 2 is 2.03 bits per heavy atom. The molecule has 0 aliphatic carbocycles. The molecule has 0 bridgehead atoms. The summed E-state index contributed by atoms with van der Waals surface area (Å²) in [7, 11) is 0. The van der Waals surface area contributed by atoms with E-state index < -0.39 is 0 Å². The maximum absolute atomic E-state index is 5.95. The first-order chi connectivity index (χ1) is 15.3. The van der Waals surface area contributed by atoms with E-state index in [1.165, 1.54) is 0 Å². The van der Waals surface area contributed by atoms with Crippen LogP contribution in [-0.4, -0.2) is 89.3 Å². The highest BCUT2D eigenvalue weighted by molar-refractivity contribution is 14.0. The second-order valence-corrected chi connectivity index (χ2v) is 7.78. The van der Waals surface area contributed by atoms with Gasteiger partial charge >= 0.3 is 0 Å². The van der Waals surface area contributed by atoms with E-state index in [1.54, 1.807) is 0 Å². The molecule has 32 heavy (non-hydrogen) atoms. The quantitative estimate of drug-likeness (QED) is 0.175. The number of rotatable bonds is 12. The Morgan fingerprint density at radius 3 is 2.81 bits per heavy atom. The van der Waals surface area contributed by atoms with E-state index in [4.69, 9.17) is 23.9 Å². The van der Waals surface area contributed by atoms with Crippen molar-refractivity contribution in [3.05, 3.63) is 29.8 Å². The highest BCUT2D eigenvalue weighted by Gasteiger charge is 2.15. The Kier molecular flexibility index (Phi) is 14.0. The molecule has 2 fully saturated rings. The molecular weight excluding hydrogens is 523 g/mol. The number of benzene rings is 1. The fraction of sp³-hybridized carbons (Fsp3) is 0.696. The normalized spacial score (nSPS) is 19.4. The van der Waals surface area contributed by atoms with E-state index in [0.29, 0.717) is 13.2 Å². The SMILES string of the molecule is CCNC(=NCc1cccc(OCCN2CCOCC2)c1)NCCCOC1CCOC1.I. The van der Waals surface area contributed by atoms with E-state index >= 15 is 0 Å². The first-order valence-corrected chi connectivity index (χ1v) is 11.6. The van der Waals surface area contributed by atoms with Crippen molar-refractivity contribution >= 4 is 29.9 Å². The highest BCUT2D eigenvalue weighted by Crippen LogP contribution is 2.14. The largest absolute Gasteiger partial charge is 0.492 e. The molecule has 182 valence electrons. The lowest BCUT2D eigenvalue weighted by atomic mass is 10.2. The van der Waals surface area contributed by atoms with Crippen molar-refractivity contribution in [2.75, 3.05) is 72.4 Å². The van der Waals surface area contributed by atoms with E-state index in [2.05, 4.69) is 34.6 Å². The summed E-state index contributed by atoms with van der Waals surface area (Å²) in [6, 6.07) is 8.19. The van der Waals surface area contributed by atoms with Crippen LogP contribution >= 0.6 is 24.0 Å². The molecule has 9 heteroatoms. The number of halogens is 1. The van der Waals surface area contributed by atoms with Crippen LogP contribution in [0.4, 0.5) is 0 Å².